The number of methoxy groups -OCH3 is 3. The molecule has 4 heterocycles. The third-order valence-electron chi connectivity index (χ3n) is 5.17. The lowest BCUT2D eigenvalue weighted by Crippen LogP contribution is -2.79. The van der Waals surface area contributed by atoms with Crippen LogP contribution in [0.5, 0.6) is 17.2 Å². The van der Waals surface area contributed by atoms with Crippen molar-refractivity contribution >= 4 is 0 Å². The number of rotatable bonds is 6. The lowest BCUT2D eigenvalue weighted by Gasteiger charge is -2.60. The first-order chi connectivity index (χ1) is 11.6. The molecule has 132 valence electrons. The van der Waals surface area contributed by atoms with Crippen molar-refractivity contribution in [2.45, 2.75) is 12.1 Å². The molecule has 5 rings (SSSR count). The second-order valence-electron chi connectivity index (χ2n) is 7.08. The van der Waals surface area contributed by atoms with Gasteiger partial charge in [0.15, 0.2) is 11.5 Å². The molecular weight excluding hydrogens is 308 g/mol. The zero-order valence-electron chi connectivity index (χ0n) is 14.7. The molecule has 24 heavy (non-hydrogen) atoms. The molecule has 0 aliphatic carbocycles. The summed E-state index contributed by atoms with van der Waals surface area (Å²) < 4.78 is 16.3. The first-order valence-corrected chi connectivity index (χ1v) is 8.36. The van der Waals surface area contributed by atoms with Crippen LogP contribution in [-0.2, 0) is 6.54 Å². The van der Waals surface area contributed by atoms with Crippen LogP contribution in [0.25, 0.3) is 0 Å². The SMILES string of the molecule is COc1cc(CNC23CN4CN(CN(C4)C2)C3)cc(OC)c1OC. The van der Waals surface area contributed by atoms with Crippen molar-refractivity contribution in [3.63, 3.8) is 0 Å². The van der Waals surface area contributed by atoms with Crippen LogP contribution in [0.2, 0.25) is 0 Å². The first-order valence-electron chi connectivity index (χ1n) is 8.36. The largest absolute Gasteiger partial charge is 0.493 e. The molecule has 0 saturated carbocycles. The van der Waals surface area contributed by atoms with E-state index in [-0.39, 0.29) is 5.54 Å². The summed E-state index contributed by atoms with van der Waals surface area (Å²) in [4.78, 5) is 7.54. The van der Waals surface area contributed by atoms with Gasteiger partial charge in [0.05, 0.1) is 46.9 Å². The highest BCUT2D eigenvalue weighted by molar-refractivity contribution is 5.53. The third kappa shape index (κ3) is 2.71. The van der Waals surface area contributed by atoms with Crippen molar-refractivity contribution < 1.29 is 14.2 Å². The lowest BCUT2D eigenvalue weighted by molar-refractivity contribution is -0.150. The zero-order valence-corrected chi connectivity index (χ0v) is 14.7. The Morgan fingerprint density at radius 1 is 0.875 bits per heavy atom. The Hall–Kier alpha value is -1.54. The molecule has 0 unspecified atom stereocenters. The fourth-order valence-corrected chi connectivity index (χ4v) is 4.41. The minimum Gasteiger partial charge on any atom is -0.493 e. The van der Waals surface area contributed by atoms with Gasteiger partial charge in [0.2, 0.25) is 5.75 Å². The Morgan fingerprint density at radius 2 is 1.38 bits per heavy atom. The summed E-state index contributed by atoms with van der Waals surface area (Å²) >= 11 is 0. The van der Waals surface area contributed by atoms with Gasteiger partial charge in [-0.05, 0) is 17.7 Å². The number of hydrogen-bond donors (Lipinski definition) is 1. The molecule has 4 saturated heterocycles. The van der Waals surface area contributed by atoms with E-state index >= 15 is 0 Å². The van der Waals surface area contributed by atoms with E-state index in [1.807, 2.05) is 12.1 Å². The summed E-state index contributed by atoms with van der Waals surface area (Å²) in [6.45, 7) is 7.43. The van der Waals surface area contributed by atoms with Crippen molar-refractivity contribution in [2.24, 2.45) is 0 Å². The summed E-state index contributed by atoms with van der Waals surface area (Å²) in [5, 5.41) is 3.81. The normalized spacial score (nSPS) is 33.5. The summed E-state index contributed by atoms with van der Waals surface area (Å²) in [5.74, 6) is 2.05. The third-order valence-corrected chi connectivity index (χ3v) is 5.17. The van der Waals surface area contributed by atoms with Crippen LogP contribution in [0.15, 0.2) is 12.1 Å². The van der Waals surface area contributed by atoms with E-state index in [4.69, 9.17) is 14.2 Å². The van der Waals surface area contributed by atoms with Crippen molar-refractivity contribution in [3.05, 3.63) is 17.7 Å². The van der Waals surface area contributed by atoms with Crippen LogP contribution >= 0.6 is 0 Å². The molecular formula is C17H26N4O3. The molecule has 4 bridgehead atoms. The van der Waals surface area contributed by atoms with Crippen LogP contribution in [0.3, 0.4) is 0 Å². The Balaban J connectivity index is 1.52. The maximum atomic E-state index is 5.46. The van der Waals surface area contributed by atoms with Crippen LogP contribution in [0.1, 0.15) is 5.56 Å². The van der Waals surface area contributed by atoms with Gasteiger partial charge in [0, 0.05) is 26.2 Å². The lowest BCUT2D eigenvalue weighted by atomic mass is 9.90. The molecule has 4 aliphatic heterocycles. The molecule has 0 radical (unpaired) electrons. The second-order valence-corrected chi connectivity index (χ2v) is 7.08. The number of benzene rings is 1. The molecule has 0 amide bonds. The number of nitrogens with one attached hydrogen (secondary N) is 1. The first kappa shape index (κ1) is 16.0. The molecule has 7 nitrogen and oxygen atoms in total. The summed E-state index contributed by atoms with van der Waals surface area (Å²) in [7, 11) is 4.94. The van der Waals surface area contributed by atoms with Gasteiger partial charge in [-0.2, -0.15) is 0 Å². The maximum absolute atomic E-state index is 5.46. The smallest absolute Gasteiger partial charge is 0.203 e. The molecule has 0 aromatic heterocycles. The van der Waals surface area contributed by atoms with Crippen LogP contribution in [0.4, 0.5) is 0 Å². The molecule has 4 fully saturated rings. The average molecular weight is 334 g/mol. The van der Waals surface area contributed by atoms with Crippen molar-refractivity contribution in [2.75, 3.05) is 61.0 Å². The highest BCUT2D eigenvalue weighted by atomic mass is 16.5. The van der Waals surface area contributed by atoms with Gasteiger partial charge in [-0.1, -0.05) is 0 Å². The molecule has 7 heteroatoms. The minimum absolute atomic E-state index is 0.148. The van der Waals surface area contributed by atoms with E-state index in [0.717, 1.165) is 51.7 Å². The van der Waals surface area contributed by atoms with Gasteiger partial charge in [-0.25, -0.2) is 0 Å². The monoisotopic (exact) mass is 334 g/mol. The standard InChI is InChI=1S/C17H26N4O3/c1-22-14-4-13(5-15(23-2)16(14)24-3)6-18-17-7-19-10-20(8-17)12-21(9-17)11-19/h4-5,18H,6-12H2,1-3H3. The van der Waals surface area contributed by atoms with Crippen LogP contribution < -0.4 is 19.5 Å². The van der Waals surface area contributed by atoms with E-state index < -0.39 is 0 Å². The zero-order chi connectivity index (χ0) is 16.7. The predicted molar refractivity (Wildman–Crippen MR) is 90.4 cm³/mol. The van der Waals surface area contributed by atoms with Gasteiger partial charge in [-0.15, -0.1) is 0 Å². The molecule has 1 aromatic carbocycles. The number of ether oxygens (including phenoxy) is 3. The van der Waals surface area contributed by atoms with Gasteiger partial charge < -0.3 is 19.5 Å². The molecule has 0 atom stereocenters. The van der Waals surface area contributed by atoms with Gasteiger partial charge in [-0.3, -0.25) is 14.7 Å². The highest BCUT2D eigenvalue weighted by Crippen LogP contribution is 2.38. The van der Waals surface area contributed by atoms with Crippen LogP contribution in [-0.4, -0.2) is 81.2 Å². The fraction of sp³-hybridized carbons (Fsp3) is 0.647. The number of nitrogens with zero attached hydrogens (tertiary/aromatic N) is 3. The quantitative estimate of drug-likeness (QED) is 0.806. The number of hydrogen-bond acceptors (Lipinski definition) is 7. The van der Waals surface area contributed by atoms with E-state index in [0.29, 0.717) is 17.2 Å². The molecule has 1 N–H and O–H groups in total. The minimum atomic E-state index is 0.148. The molecule has 0 spiro atoms. The maximum Gasteiger partial charge on any atom is 0.203 e. The van der Waals surface area contributed by atoms with E-state index in [1.54, 1.807) is 21.3 Å². The summed E-state index contributed by atoms with van der Waals surface area (Å²) in [6.07, 6.45) is 0. The van der Waals surface area contributed by atoms with Gasteiger partial charge in [0.1, 0.15) is 0 Å². The second kappa shape index (κ2) is 6.07. The Labute approximate surface area is 143 Å². The molecule has 4 aliphatic rings. The van der Waals surface area contributed by atoms with Crippen LogP contribution in [0, 0.1) is 0 Å². The summed E-state index contributed by atoms with van der Waals surface area (Å²) in [6, 6.07) is 4.05. The van der Waals surface area contributed by atoms with Crippen molar-refractivity contribution in [1.29, 1.82) is 0 Å². The average Bonchev–Trinajstić information content (AvgIpc) is 2.57. The summed E-state index contributed by atoms with van der Waals surface area (Å²) in [5.41, 5.74) is 1.29. The van der Waals surface area contributed by atoms with E-state index in [2.05, 4.69) is 20.0 Å². The Kier molecular flexibility index (Phi) is 4.04. The predicted octanol–water partition coefficient (Wildman–Crippen LogP) is 0.360. The fourth-order valence-electron chi connectivity index (χ4n) is 4.41. The van der Waals surface area contributed by atoms with Gasteiger partial charge >= 0.3 is 0 Å². The van der Waals surface area contributed by atoms with E-state index in [1.165, 1.54) is 0 Å². The van der Waals surface area contributed by atoms with E-state index in [9.17, 15) is 0 Å². The topological polar surface area (TPSA) is 49.4 Å². The molecule has 1 aromatic rings. The van der Waals surface area contributed by atoms with Crippen molar-refractivity contribution in [3.8, 4) is 17.2 Å². The Bertz CT molecular complexity index is 562. The highest BCUT2D eigenvalue weighted by Gasteiger charge is 2.48. The van der Waals surface area contributed by atoms with Gasteiger partial charge in [0.25, 0.3) is 0 Å². The van der Waals surface area contributed by atoms with Crippen molar-refractivity contribution in [1.82, 2.24) is 20.0 Å². The Morgan fingerprint density at radius 3 is 1.79 bits per heavy atom.